The van der Waals surface area contributed by atoms with Gasteiger partial charge < -0.3 is 15.5 Å². The van der Waals surface area contributed by atoms with Crippen LogP contribution in [0.5, 0.6) is 0 Å². The highest BCUT2D eigenvalue weighted by atomic mass is 35.5. The second kappa shape index (κ2) is 10.1. The highest BCUT2D eigenvalue weighted by Gasteiger charge is 2.32. The average Bonchev–Trinajstić information content (AvgIpc) is 3.24. The molecule has 0 unspecified atom stereocenters. The van der Waals surface area contributed by atoms with Crippen molar-refractivity contribution in [2.24, 2.45) is 0 Å². The molecule has 2 fully saturated rings. The van der Waals surface area contributed by atoms with E-state index in [9.17, 15) is 4.79 Å². The summed E-state index contributed by atoms with van der Waals surface area (Å²) in [5.41, 5.74) is 1.84. The molecule has 3 rings (SSSR count). The summed E-state index contributed by atoms with van der Waals surface area (Å²) >= 11 is 1.82. The summed E-state index contributed by atoms with van der Waals surface area (Å²) in [6.45, 7) is 2.47. The van der Waals surface area contributed by atoms with Crippen molar-refractivity contribution < 1.29 is 4.79 Å². The van der Waals surface area contributed by atoms with E-state index in [0.717, 1.165) is 43.2 Å². The zero-order valence-corrected chi connectivity index (χ0v) is 15.7. The fourth-order valence-electron chi connectivity index (χ4n) is 2.85. The van der Waals surface area contributed by atoms with Gasteiger partial charge in [0.25, 0.3) is 0 Å². The van der Waals surface area contributed by atoms with Crippen molar-refractivity contribution in [3.63, 3.8) is 0 Å². The van der Waals surface area contributed by atoms with E-state index in [1.165, 1.54) is 0 Å². The zero-order valence-electron chi connectivity index (χ0n) is 13.2. The second-order valence-electron chi connectivity index (χ2n) is 5.72. The molecule has 0 radical (unpaired) electrons. The van der Waals surface area contributed by atoms with E-state index in [-0.39, 0.29) is 36.8 Å². The fourth-order valence-corrected chi connectivity index (χ4v) is 3.80. The summed E-state index contributed by atoms with van der Waals surface area (Å²) in [5.74, 6) is 2.13. The monoisotopic (exact) mass is 388 g/mol. The van der Waals surface area contributed by atoms with Crippen LogP contribution in [0.2, 0.25) is 0 Å². The van der Waals surface area contributed by atoms with Crippen LogP contribution in [0.25, 0.3) is 0 Å². The number of thioether (sulfide) groups is 1. The van der Waals surface area contributed by atoms with Gasteiger partial charge in [-0.1, -0.05) is 12.1 Å². The van der Waals surface area contributed by atoms with Crippen molar-refractivity contribution in [1.82, 2.24) is 15.5 Å². The molecule has 8 heteroatoms. The number of nitriles is 1. The van der Waals surface area contributed by atoms with Crippen LogP contribution < -0.4 is 10.6 Å². The van der Waals surface area contributed by atoms with Crippen LogP contribution in [0.3, 0.4) is 0 Å². The Kier molecular flexibility index (Phi) is 8.88. The minimum atomic E-state index is -0.0443. The molecule has 2 atom stereocenters. The lowest BCUT2D eigenvalue weighted by Gasteiger charge is -2.19. The molecule has 132 valence electrons. The summed E-state index contributed by atoms with van der Waals surface area (Å²) in [7, 11) is 0. The molecule has 1 aromatic rings. The molecule has 2 N–H and O–H groups in total. The molecule has 2 aliphatic rings. The van der Waals surface area contributed by atoms with E-state index in [4.69, 9.17) is 5.26 Å². The molecular weight excluding hydrogens is 367 g/mol. The molecule has 2 aliphatic heterocycles. The van der Waals surface area contributed by atoms with Crippen LogP contribution in [-0.4, -0.2) is 47.6 Å². The topological polar surface area (TPSA) is 68.2 Å². The maximum atomic E-state index is 12.3. The van der Waals surface area contributed by atoms with E-state index in [1.807, 2.05) is 40.9 Å². The Bertz CT molecular complexity index is 572. The molecule has 2 saturated heterocycles. The van der Waals surface area contributed by atoms with Crippen LogP contribution in [0, 0.1) is 11.3 Å². The van der Waals surface area contributed by atoms with Gasteiger partial charge in [0.2, 0.25) is 5.91 Å². The SMILES string of the molecule is Cl.Cl.N#Cc1ccc(CN[C@@H]2CN[C@H](C(=O)N3CCSC3)C2)cc1. The number of nitrogens with zero attached hydrogens (tertiary/aromatic N) is 2. The lowest BCUT2D eigenvalue weighted by Crippen LogP contribution is -2.42. The largest absolute Gasteiger partial charge is 0.331 e. The van der Waals surface area contributed by atoms with Gasteiger partial charge >= 0.3 is 0 Å². The number of hydrogen-bond donors (Lipinski definition) is 2. The van der Waals surface area contributed by atoms with Gasteiger partial charge in [0.15, 0.2) is 0 Å². The first-order chi connectivity index (χ1) is 10.8. The van der Waals surface area contributed by atoms with Gasteiger partial charge in [0.1, 0.15) is 0 Å². The van der Waals surface area contributed by atoms with Crippen molar-refractivity contribution in [1.29, 1.82) is 5.26 Å². The maximum Gasteiger partial charge on any atom is 0.240 e. The number of benzene rings is 1. The van der Waals surface area contributed by atoms with Crippen molar-refractivity contribution in [3.05, 3.63) is 35.4 Å². The van der Waals surface area contributed by atoms with Gasteiger partial charge in [0.05, 0.1) is 23.6 Å². The summed E-state index contributed by atoms with van der Waals surface area (Å²) in [6, 6.07) is 10.0. The molecule has 24 heavy (non-hydrogen) atoms. The molecular formula is C16H22Cl2N4OS. The molecule has 0 aliphatic carbocycles. The predicted octanol–water partition coefficient (Wildman–Crippen LogP) is 1.75. The number of carbonyl (C=O) groups excluding carboxylic acids is 1. The number of hydrogen-bond acceptors (Lipinski definition) is 5. The van der Waals surface area contributed by atoms with Gasteiger partial charge in [-0.15, -0.1) is 36.6 Å². The number of rotatable bonds is 4. The molecule has 1 amide bonds. The van der Waals surface area contributed by atoms with Crippen LogP contribution in [0.4, 0.5) is 0 Å². The smallest absolute Gasteiger partial charge is 0.240 e. The van der Waals surface area contributed by atoms with Gasteiger partial charge in [-0.05, 0) is 24.1 Å². The normalized spacial score (nSPS) is 22.4. The average molecular weight is 389 g/mol. The summed E-state index contributed by atoms with van der Waals surface area (Å²) < 4.78 is 0. The first-order valence-electron chi connectivity index (χ1n) is 7.58. The van der Waals surface area contributed by atoms with E-state index in [1.54, 1.807) is 0 Å². The zero-order chi connectivity index (χ0) is 15.4. The van der Waals surface area contributed by atoms with Crippen LogP contribution >= 0.6 is 36.6 Å². The third-order valence-corrected chi connectivity index (χ3v) is 5.14. The summed E-state index contributed by atoms with van der Waals surface area (Å²) in [5, 5.41) is 15.6. The molecule has 0 aromatic heterocycles. The first kappa shape index (κ1) is 21.1. The molecule has 0 spiro atoms. The van der Waals surface area contributed by atoms with E-state index >= 15 is 0 Å². The number of halogens is 2. The summed E-state index contributed by atoms with van der Waals surface area (Å²) in [6.07, 6.45) is 0.844. The van der Waals surface area contributed by atoms with E-state index in [0.29, 0.717) is 11.6 Å². The Morgan fingerprint density at radius 2 is 2.12 bits per heavy atom. The Morgan fingerprint density at radius 1 is 1.38 bits per heavy atom. The van der Waals surface area contributed by atoms with Crippen LogP contribution in [0.1, 0.15) is 17.5 Å². The molecule has 0 bridgehead atoms. The van der Waals surface area contributed by atoms with Crippen molar-refractivity contribution in [2.75, 3.05) is 24.7 Å². The van der Waals surface area contributed by atoms with Gasteiger partial charge in [-0.25, -0.2) is 0 Å². The Hall–Kier alpha value is -0.970. The molecule has 1 aromatic carbocycles. The van der Waals surface area contributed by atoms with Gasteiger partial charge in [-0.3, -0.25) is 4.79 Å². The lowest BCUT2D eigenvalue weighted by molar-refractivity contribution is -0.131. The van der Waals surface area contributed by atoms with Crippen molar-refractivity contribution >= 4 is 42.5 Å². The van der Waals surface area contributed by atoms with E-state index < -0.39 is 0 Å². The number of carbonyl (C=O) groups is 1. The van der Waals surface area contributed by atoms with Crippen molar-refractivity contribution in [2.45, 2.75) is 25.0 Å². The molecule has 0 saturated carbocycles. The maximum absolute atomic E-state index is 12.3. The fraction of sp³-hybridized carbons (Fsp3) is 0.500. The first-order valence-corrected chi connectivity index (χ1v) is 8.74. The Morgan fingerprint density at radius 3 is 2.75 bits per heavy atom. The van der Waals surface area contributed by atoms with Crippen molar-refractivity contribution in [3.8, 4) is 6.07 Å². The van der Waals surface area contributed by atoms with Crippen LogP contribution in [-0.2, 0) is 11.3 Å². The number of amides is 1. The van der Waals surface area contributed by atoms with Gasteiger partial charge in [0, 0.05) is 31.4 Å². The minimum Gasteiger partial charge on any atom is -0.331 e. The third kappa shape index (κ3) is 5.27. The van der Waals surface area contributed by atoms with Gasteiger partial charge in [-0.2, -0.15) is 5.26 Å². The highest BCUT2D eigenvalue weighted by molar-refractivity contribution is 7.99. The molecule has 2 heterocycles. The Labute approximate surface area is 159 Å². The lowest BCUT2D eigenvalue weighted by atomic mass is 10.1. The molecule has 5 nitrogen and oxygen atoms in total. The second-order valence-corrected chi connectivity index (χ2v) is 6.80. The third-order valence-electron chi connectivity index (χ3n) is 4.17. The summed E-state index contributed by atoms with van der Waals surface area (Å²) in [4.78, 5) is 14.3. The van der Waals surface area contributed by atoms with Crippen LogP contribution in [0.15, 0.2) is 24.3 Å². The number of nitrogens with one attached hydrogen (secondary N) is 2. The highest BCUT2D eigenvalue weighted by Crippen LogP contribution is 2.17. The quantitative estimate of drug-likeness (QED) is 0.822. The predicted molar refractivity (Wildman–Crippen MR) is 102 cm³/mol. The van der Waals surface area contributed by atoms with E-state index in [2.05, 4.69) is 16.7 Å². The Balaban J connectivity index is 0.00000144. The standard InChI is InChI=1S/C16H20N4OS.2ClH/c17-8-12-1-3-13(4-2-12)9-18-14-7-15(19-10-14)16(21)20-5-6-22-11-20;;/h1-4,14-15,18-19H,5-7,9-11H2;2*1H/t14-,15-;;/m0../s1. The minimum absolute atomic E-state index is 0.